The normalized spacial score (nSPS) is 20.0. The molecule has 3 nitrogen and oxygen atoms in total. The Morgan fingerprint density at radius 2 is 2.29 bits per heavy atom. The first-order chi connectivity index (χ1) is 6.72. The number of unbranched alkanes of at least 4 members (excludes halogenated alkanes) is 2. The van der Waals surface area contributed by atoms with Gasteiger partial charge < -0.3 is 10.4 Å². The fourth-order valence-corrected chi connectivity index (χ4v) is 1.43. The summed E-state index contributed by atoms with van der Waals surface area (Å²) in [6, 6.07) is -0.269. The van der Waals surface area contributed by atoms with E-state index in [0.717, 1.165) is 25.3 Å². The Morgan fingerprint density at radius 3 is 2.50 bits per heavy atom. The SMILES string of the molecule is CCCCCCl.O=C(O)C1CCCN1. The van der Waals surface area contributed by atoms with E-state index in [-0.39, 0.29) is 6.04 Å². The lowest BCUT2D eigenvalue weighted by molar-refractivity contribution is -0.139. The van der Waals surface area contributed by atoms with Crippen LogP contribution < -0.4 is 5.32 Å². The van der Waals surface area contributed by atoms with Crippen molar-refractivity contribution in [1.82, 2.24) is 5.32 Å². The van der Waals surface area contributed by atoms with Gasteiger partial charge in [0.2, 0.25) is 0 Å². The van der Waals surface area contributed by atoms with Gasteiger partial charge in [0, 0.05) is 5.88 Å². The van der Waals surface area contributed by atoms with E-state index < -0.39 is 5.97 Å². The van der Waals surface area contributed by atoms with Gasteiger partial charge >= 0.3 is 5.97 Å². The van der Waals surface area contributed by atoms with Crippen molar-refractivity contribution in [3.05, 3.63) is 0 Å². The van der Waals surface area contributed by atoms with Crippen molar-refractivity contribution in [1.29, 1.82) is 0 Å². The van der Waals surface area contributed by atoms with Gasteiger partial charge in [-0.3, -0.25) is 4.79 Å². The van der Waals surface area contributed by atoms with Crippen LogP contribution in [0.2, 0.25) is 0 Å². The Labute approximate surface area is 90.8 Å². The number of rotatable bonds is 4. The van der Waals surface area contributed by atoms with Crippen molar-refractivity contribution in [2.24, 2.45) is 0 Å². The summed E-state index contributed by atoms with van der Waals surface area (Å²) in [6.07, 6.45) is 5.51. The standard InChI is InChI=1S/C5H11Cl.C5H9NO2/c1-2-3-4-5-6;7-5(8)4-2-1-3-6-4/h2-5H2,1H3;4,6H,1-3H2,(H,7,8). The molecule has 14 heavy (non-hydrogen) atoms. The van der Waals surface area contributed by atoms with Gasteiger partial charge in [0.25, 0.3) is 0 Å². The molecule has 0 aliphatic carbocycles. The van der Waals surface area contributed by atoms with Crippen LogP contribution in [0.3, 0.4) is 0 Å². The van der Waals surface area contributed by atoms with E-state index in [1.54, 1.807) is 0 Å². The lowest BCUT2D eigenvalue weighted by atomic mass is 10.2. The summed E-state index contributed by atoms with van der Waals surface area (Å²) in [7, 11) is 0. The van der Waals surface area contributed by atoms with Crippen molar-refractivity contribution in [3.63, 3.8) is 0 Å². The molecule has 0 spiro atoms. The van der Waals surface area contributed by atoms with E-state index in [0.29, 0.717) is 0 Å². The first kappa shape index (κ1) is 13.7. The maximum absolute atomic E-state index is 10.1. The molecule has 1 aliphatic heterocycles. The van der Waals surface area contributed by atoms with Crippen LogP contribution in [0.15, 0.2) is 0 Å². The lowest BCUT2D eigenvalue weighted by Crippen LogP contribution is -2.29. The van der Waals surface area contributed by atoms with Gasteiger partial charge in [-0.25, -0.2) is 0 Å². The number of carboxylic acids is 1. The van der Waals surface area contributed by atoms with Crippen molar-refractivity contribution in [2.45, 2.75) is 45.1 Å². The molecule has 1 unspecified atom stereocenters. The largest absolute Gasteiger partial charge is 0.480 e. The molecule has 0 bridgehead atoms. The maximum Gasteiger partial charge on any atom is 0.320 e. The molecular formula is C10H20ClNO2. The molecule has 0 amide bonds. The average Bonchev–Trinajstić information content (AvgIpc) is 2.68. The molecule has 1 aliphatic rings. The molecule has 1 heterocycles. The Kier molecular flexibility index (Phi) is 9.10. The maximum atomic E-state index is 10.1. The summed E-state index contributed by atoms with van der Waals surface area (Å²) < 4.78 is 0. The van der Waals surface area contributed by atoms with Crippen LogP contribution in [-0.4, -0.2) is 29.5 Å². The van der Waals surface area contributed by atoms with Crippen molar-refractivity contribution >= 4 is 17.6 Å². The smallest absolute Gasteiger partial charge is 0.320 e. The molecule has 2 N–H and O–H groups in total. The second-order valence-electron chi connectivity index (χ2n) is 3.38. The van der Waals surface area contributed by atoms with Crippen molar-refractivity contribution in [2.75, 3.05) is 12.4 Å². The summed E-state index contributed by atoms with van der Waals surface area (Å²) in [5, 5.41) is 11.2. The minimum Gasteiger partial charge on any atom is -0.480 e. The number of aliphatic carboxylic acids is 1. The molecule has 0 aromatic rings. The first-order valence-corrected chi connectivity index (χ1v) is 5.78. The third kappa shape index (κ3) is 7.15. The number of carbonyl (C=O) groups is 1. The molecule has 0 aromatic carbocycles. The highest BCUT2D eigenvalue weighted by Gasteiger charge is 2.20. The highest BCUT2D eigenvalue weighted by molar-refractivity contribution is 6.17. The second kappa shape index (κ2) is 9.28. The van der Waals surface area contributed by atoms with Crippen LogP contribution in [0.25, 0.3) is 0 Å². The summed E-state index contributed by atoms with van der Waals surface area (Å²) >= 11 is 5.38. The van der Waals surface area contributed by atoms with Gasteiger partial charge in [-0.15, -0.1) is 11.6 Å². The van der Waals surface area contributed by atoms with E-state index in [9.17, 15) is 4.79 Å². The number of hydrogen-bond acceptors (Lipinski definition) is 2. The quantitative estimate of drug-likeness (QED) is 0.566. The molecule has 1 rings (SSSR count). The fourth-order valence-electron chi connectivity index (χ4n) is 1.24. The predicted molar refractivity (Wildman–Crippen MR) is 58.9 cm³/mol. The van der Waals surface area contributed by atoms with Crippen LogP contribution >= 0.6 is 11.6 Å². The van der Waals surface area contributed by atoms with Crippen molar-refractivity contribution in [3.8, 4) is 0 Å². The molecule has 0 radical (unpaired) electrons. The summed E-state index contributed by atoms with van der Waals surface area (Å²) in [5.41, 5.74) is 0. The molecule has 4 heteroatoms. The monoisotopic (exact) mass is 221 g/mol. The molecule has 1 atom stereocenters. The average molecular weight is 222 g/mol. The second-order valence-corrected chi connectivity index (χ2v) is 3.76. The molecule has 1 saturated heterocycles. The van der Waals surface area contributed by atoms with Crippen LogP contribution in [0.1, 0.15) is 39.0 Å². The number of hydrogen-bond donors (Lipinski definition) is 2. The Morgan fingerprint density at radius 1 is 1.57 bits per heavy atom. The molecule has 1 fully saturated rings. The van der Waals surface area contributed by atoms with Crippen LogP contribution in [-0.2, 0) is 4.79 Å². The minimum absolute atomic E-state index is 0.269. The molecule has 0 aromatic heterocycles. The third-order valence-electron chi connectivity index (χ3n) is 2.10. The predicted octanol–water partition coefficient (Wildman–Crippen LogP) is 2.24. The summed E-state index contributed by atoms with van der Waals surface area (Å²) in [4.78, 5) is 10.1. The van der Waals surface area contributed by atoms with Crippen LogP contribution in [0.5, 0.6) is 0 Å². The van der Waals surface area contributed by atoms with Gasteiger partial charge in [0.05, 0.1) is 0 Å². The highest BCUT2D eigenvalue weighted by atomic mass is 35.5. The van der Waals surface area contributed by atoms with Gasteiger partial charge in [0.15, 0.2) is 0 Å². The van der Waals surface area contributed by atoms with Gasteiger partial charge in [-0.05, 0) is 25.8 Å². The van der Waals surface area contributed by atoms with E-state index in [1.165, 1.54) is 19.3 Å². The topological polar surface area (TPSA) is 49.3 Å². The highest BCUT2D eigenvalue weighted by Crippen LogP contribution is 2.03. The minimum atomic E-state index is -0.720. The van der Waals surface area contributed by atoms with Gasteiger partial charge in [-0.2, -0.15) is 0 Å². The molecular weight excluding hydrogens is 202 g/mol. The number of nitrogens with one attached hydrogen (secondary N) is 1. The zero-order chi connectivity index (χ0) is 10.8. The third-order valence-corrected chi connectivity index (χ3v) is 2.36. The van der Waals surface area contributed by atoms with Crippen LogP contribution in [0.4, 0.5) is 0 Å². The molecule has 0 saturated carbocycles. The number of alkyl halides is 1. The van der Waals surface area contributed by atoms with E-state index in [1.807, 2.05) is 0 Å². The van der Waals surface area contributed by atoms with Crippen molar-refractivity contribution < 1.29 is 9.90 Å². The Bertz CT molecular complexity index is 143. The lowest BCUT2D eigenvalue weighted by Gasteiger charge is -1.99. The number of halogens is 1. The van der Waals surface area contributed by atoms with E-state index in [2.05, 4.69) is 12.2 Å². The fraction of sp³-hybridized carbons (Fsp3) is 0.900. The van der Waals surface area contributed by atoms with Crippen LogP contribution in [0, 0.1) is 0 Å². The Balaban J connectivity index is 0.000000255. The number of carboxylic acid groups (broad SMARTS) is 1. The van der Waals surface area contributed by atoms with E-state index in [4.69, 9.17) is 16.7 Å². The van der Waals surface area contributed by atoms with E-state index >= 15 is 0 Å². The molecule has 84 valence electrons. The Hall–Kier alpha value is -0.280. The summed E-state index contributed by atoms with van der Waals surface area (Å²) in [6.45, 7) is 3.03. The van der Waals surface area contributed by atoms with Gasteiger partial charge in [-0.1, -0.05) is 19.8 Å². The first-order valence-electron chi connectivity index (χ1n) is 5.24. The zero-order valence-corrected chi connectivity index (χ0v) is 9.52. The zero-order valence-electron chi connectivity index (χ0n) is 8.76. The van der Waals surface area contributed by atoms with Gasteiger partial charge in [0.1, 0.15) is 6.04 Å². The summed E-state index contributed by atoms with van der Waals surface area (Å²) in [5.74, 6) is 0.107.